The molecular weight excluding hydrogens is 412 g/mol. The number of benzene rings is 2. The van der Waals surface area contributed by atoms with Gasteiger partial charge in [0.25, 0.3) is 5.91 Å². The Labute approximate surface area is 185 Å². The highest BCUT2D eigenvalue weighted by Gasteiger charge is 2.27. The summed E-state index contributed by atoms with van der Waals surface area (Å²) in [7, 11) is -2.36. The number of carbonyl (C=O) groups is 1. The Kier molecular flexibility index (Phi) is 7.73. The number of ether oxygens (including phenoxy) is 1. The van der Waals surface area contributed by atoms with Crippen molar-refractivity contribution in [1.82, 2.24) is 10.0 Å². The molecule has 1 aliphatic carbocycles. The van der Waals surface area contributed by atoms with Gasteiger partial charge in [-0.05, 0) is 42.5 Å². The van der Waals surface area contributed by atoms with E-state index in [1.807, 2.05) is 18.2 Å². The number of amides is 1. The molecular formula is C24H32N2O4S. The quantitative estimate of drug-likeness (QED) is 0.610. The van der Waals surface area contributed by atoms with Crippen LogP contribution in [0.1, 0.15) is 61.4 Å². The van der Waals surface area contributed by atoms with Gasteiger partial charge in [-0.2, -0.15) is 0 Å². The van der Waals surface area contributed by atoms with Crippen molar-refractivity contribution in [3.8, 4) is 5.75 Å². The minimum Gasteiger partial charge on any atom is -0.495 e. The molecule has 6 nitrogen and oxygen atoms in total. The van der Waals surface area contributed by atoms with Crippen LogP contribution in [0.25, 0.3) is 0 Å². The van der Waals surface area contributed by atoms with Crippen LogP contribution in [0.4, 0.5) is 0 Å². The molecule has 2 aromatic rings. The first-order chi connectivity index (χ1) is 14.8. The summed E-state index contributed by atoms with van der Waals surface area (Å²) in [4.78, 5) is 12.9. The van der Waals surface area contributed by atoms with Crippen LogP contribution in [-0.4, -0.2) is 34.0 Å². The van der Waals surface area contributed by atoms with Crippen molar-refractivity contribution >= 4 is 15.9 Å². The molecule has 0 aromatic heterocycles. The predicted octanol–water partition coefficient (Wildman–Crippen LogP) is 4.09. The summed E-state index contributed by atoms with van der Waals surface area (Å²) in [6.45, 7) is 4.71. The zero-order valence-corrected chi connectivity index (χ0v) is 19.2. The van der Waals surface area contributed by atoms with Gasteiger partial charge in [-0.3, -0.25) is 4.79 Å². The molecule has 1 amide bonds. The van der Waals surface area contributed by atoms with Crippen LogP contribution in [0.2, 0.25) is 0 Å². The molecule has 3 rings (SSSR count). The largest absolute Gasteiger partial charge is 0.495 e. The highest BCUT2D eigenvalue weighted by atomic mass is 32.2. The van der Waals surface area contributed by atoms with Gasteiger partial charge in [-0.15, -0.1) is 0 Å². The third-order valence-corrected chi connectivity index (χ3v) is 7.45. The minimum atomic E-state index is -3.79. The molecule has 31 heavy (non-hydrogen) atoms. The number of rotatable bonds is 9. The van der Waals surface area contributed by atoms with E-state index in [0.29, 0.717) is 18.0 Å². The molecule has 1 fully saturated rings. The standard InChI is InChI=1S/C24H32N2O4S/c1-17(2)21(18-9-5-4-6-10-18)16-25-24(27)19-13-14-22(30-3)23(15-19)31(28,29)26-20-11-7-8-12-20/h4-6,9-10,13-15,17,20-21,26H,7-8,11-12,16H2,1-3H3,(H,25,27). The summed E-state index contributed by atoms with van der Waals surface area (Å²) in [6.07, 6.45) is 3.70. The molecule has 168 valence electrons. The fourth-order valence-corrected chi connectivity index (χ4v) is 5.60. The molecule has 0 aliphatic heterocycles. The topological polar surface area (TPSA) is 84.5 Å². The molecule has 0 spiro atoms. The van der Waals surface area contributed by atoms with Gasteiger partial charge in [-0.25, -0.2) is 13.1 Å². The van der Waals surface area contributed by atoms with Crippen molar-refractivity contribution < 1.29 is 17.9 Å². The predicted molar refractivity (Wildman–Crippen MR) is 122 cm³/mol. The maximum absolute atomic E-state index is 13.0. The summed E-state index contributed by atoms with van der Waals surface area (Å²) in [5.74, 6) is 0.425. The van der Waals surface area contributed by atoms with Gasteiger partial charge < -0.3 is 10.1 Å². The fourth-order valence-electron chi connectivity index (χ4n) is 4.10. The first kappa shape index (κ1) is 23.3. The fraction of sp³-hybridized carbons (Fsp3) is 0.458. The lowest BCUT2D eigenvalue weighted by Gasteiger charge is -2.22. The van der Waals surface area contributed by atoms with E-state index in [1.54, 1.807) is 6.07 Å². The second-order valence-corrected chi connectivity index (χ2v) is 10.1. The molecule has 0 heterocycles. The zero-order chi connectivity index (χ0) is 22.4. The molecule has 7 heteroatoms. The highest BCUT2D eigenvalue weighted by molar-refractivity contribution is 7.89. The third-order valence-electron chi connectivity index (χ3n) is 5.91. The number of sulfonamides is 1. The first-order valence-electron chi connectivity index (χ1n) is 10.9. The van der Waals surface area contributed by atoms with Crippen molar-refractivity contribution in [1.29, 1.82) is 0 Å². The summed E-state index contributed by atoms with van der Waals surface area (Å²) in [5.41, 5.74) is 1.46. The van der Waals surface area contributed by atoms with Crippen LogP contribution < -0.4 is 14.8 Å². The minimum absolute atomic E-state index is 0.00183. The first-order valence-corrected chi connectivity index (χ1v) is 12.3. The van der Waals surface area contributed by atoms with E-state index in [0.717, 1.165) is 31.2 Å². The monoisotopic (exact) mass is 444 g/mol. The van der Waals surface area contributed by atoms with Gasteiger partial charge in [0, 0.05) is 24.1 Å². The Balaban J connectivity index is 1.77. The molecule has 0 radical (unpaired) electrons. The van der Waals surface area contributed by atoms with E-state index < -0.39 is 10.0 Å². The van der Waals surface area contributed by atoms with Crippen molar-refractivity contribution in [2.45, 2.75) is 56.4 Å². The molecule has 2 aromatic carbocycles. The molecule has 1 saturated carbocycles. The zero-order valence-electron chi connectivity index (χ0n) is 18.4. The van der Waals surface area contributed by atoms with E-state index in [1.165, 1.54) is 19.2 Å². The van der Waals surface area contributed by atoms with Gasteiger partial charge >= 0.3 is 0 Å². The lowest BCUT2D eigenvalue weighted by Crippen LogP contribution is -2.33. The average molecular weight is 445 g/mol. The average Bonchev–Trinajstić information content (AvgIpc) is 3.26. The second kappa shape index (κ2) is 10.3. The lowest BCUT2D eigenvalue weighted by molar-refractivity contribution is 0.0949. The van der Waals surface area contributed by atoms with Crippen LogP contribution in [0.5, 0.6) is 5.75 Å². The van der Waals surface area contributed by atoms with Crippen molar-refractivity contribution in [2.24, 2.45) is 5.92 Å². The summed E-state index contributed by atoms with van der Waals surface area (Å²) < 4.78 is 33.9. The van der Waals surface area contributed by atoms with E-state index >= 15 is 0 Å². The molecule has 1 atom stereocenters. The highest BCUT2D eigenvalue weighted by Crippen LogP contribution is 2.28. The van der Waals surface area contributed by atoms with Crippen molar-refractivity contribution in [3.63, 3.8) is 0 Å². The summed E-state index contributed by atoms with van der Waals surface area (Å²) >= 11 is 0. The van der Waals surface area contributed by atoms with Crippen LogP contribution in [-0.2, 0) is 10.0 Å². The smallest absolute Gasteiger partial charge is 0.251 e. The van der Waals surface area contributed by atoms with Crippen molar-refractivity contribution in [2.75, 3.05) is 13.7 Å². The van der Waals surface area contributed by atoms with E-state index in [4.69, 9.17) is 4.74 Å². The number of hydrogen-bond acceptors (Lipinski definition) is 4. The Hall–Kier alpha value is -2.38. The Morgan fingerprint density at radius 1 is 1.10 bits per heavy atom. The number of methoxy groups -OCH3 is 1. The van der Waals surface area contributed by atoms with Crippen molar-refractivity contribution in [3.05, 3.63) is 59.7 Å². The number of nitrogens with one attached hydrogen (secondary N) is 2. The van der Waals surface area contributed by atoms with Gasteiger partial charge in [0.1, 0.15) is 10.6 Å². The van der Waals surface area contributed by atoms with E-state index in [2.05, 4.69) is 36.0 Å². The molecule has 2 N–H and O–H groups in total. The number of hydrogen-bond donors (Lipinski definition) is 2. The third kappa shape index (κ3) is 5.86. The lowest BCUT2D eigenvalue weighted by atomic mass is 9.88. The van der Waals surface area contributed by atoms with Gasteiger partial charge in [0.05, 0.1) is 7.11 Å². The second-order valence-electron chi connectivity index (χ2n) is 8.44. The molecule has 1 unspecified atom stereocenters. The van der Waals surface area contributed by atoms with Gasteiger partial charge in [0.15, 0.2) is 0 Å². The molecule has 1 aliphatic rings. The van der Waals surface area contributed by atoms with E-state index in [9.17, 15) is 13.2 Å². The molecule has 0 saturated heterocycles. The maximum atomic E-state index is 13.0. The normalized spacial score (nSPS) is 15.7. The Morgan fingerprint density at radius 3 is 2.39 bits per heavy atom. The Morgan fingerprint density at radius 2 is 1.77 bits per heavy atom. The van der Waals surface area contributed by atoms with Crippen LogP contribution in [0.15, 0.2) is 53.4 Å². The van der Waals surface area contributed by atoms with Crippen LogP contribution >= 0.6 is 0 Å². The summed E-state index contributed by atoms with van der Waals surface area (Å²) in [6, 6.07) is 14.5. The maximum Gasteiger partial charge on any atom is 0.251 e. The Bertz CT molecular complexity index is 984. The molecule has 0 bridgehead atoms. The van der Waals surface area contributed by atoms with Crippen LogP contribution in [0, 0.1) is 5.92 Å². The SMILES string of the molecule is COc1ccc(C(=O)NCC(c2ccccc2)C(C)C)cc1S(=O)(=O)NC1CCCC1. The van der Waals surface area contributed by atoms with Gasteiger partial charge in [0.2, 0.25) is 10.0 Å². The van der Waals surface area contributed by atoms with E-state index in [-0.39, 0.29) is 28.5 Å². The summed E-state index contributed by atoms with van der Waals surface area (Å²) in [5, 5.41) is 2.97. The van der Waals surface area contributed by atoms with Gasteiger partial charge in [-0.1, -0.05) is 57.0 Å². The van der Waals surface area contributed by atoms with Crippen LogP contribution in [0.3, 0.4) is 0 Å². The number of carbonyl (C=O) groups excluding carboxylic acids is 1.